The zero-order chi connectivity index (χ0) is 24.5. The van der Waals surface area contributed by atoms with Crippen molar-refractivity contribution in [3.8, 4) is 0 Å². The number of nitrogens with two attached hydrogens (primary N) is 1. The molecule has 0 aromatic rings. The van der Waals surface area contributed by atoms with Gasteiger partial charge in [0, 0.05) is 24.9 Å². The van der Waals surface area contributed by atoms with Crippen LogP contribution in [0, 0.1) is 0 Å². The van der Waals surface area contributed by atoms with Crippen LogP contribution < -0.4 is 16.4 Å². The molecular weight excluding hydrogens is 461 g/mol. The van der Waals surface area contributed by atoms with Crippen LogP contribution in [0.1, 0.15) is 12.8 Å². The van der Waals surface area contributed by atoms with Crippen molar-refractivity contribution in [3.63, 3.8) is 0 Å². The van der Waals surface area contributed by atoms with Gasteiger partial charge in [0.05, 0.1) is 19.1 Å². The first-order chi connectivity index (χ1) is 14.7. The van der Waals surface area contributed by atoms with Gasteiger partial charge in [-0.2, -0.15) is 0 Å². The van der Waals surface area contributed by atoms with Crippen LogP contribution in [0.15, 0.2) is 24.6 Å². The summed E-state index contributed by atoms with van der Waals surface area (Å²) >= 11 is 0. The Labute approximate surface area is 181 Å². The molecule has 2 atom stereocenters. The number of carbonyl (C=O) groups excluding carboxylic acids is 3. The number of urea groups is 1. The first-order valence-corrected chi connectivity index (χ1v) is 10.6. The molecular formula is C16H25F2N4O9P. The van der Waals surface area contributed by atoms with Gasteiger partial charge in [0.1, 0.15) is 0 Å². The molecule has 13 nitrogen and oxygen atoms in total. The molecule has 182 valence electrons. The van der Waals surface area contributed by atoms with E-state index in [9.17, 15) is 27.7 Å². The molecule has 0 bridgehead atoms. The lowest BCUT2D eigenvalue weighted by Gasteiger charge is -2.27. The lowest BCUT2D eigenvalue weighted by Crippen LogP contribution is -2.47. The van der Waals surface area contributed by atoms with Crippen LogP contribution in [0.4, 0.5) is 13.6 Å². The second kappa shape index (κ2) is 12.0. The number of hydrogen-bond donors (Lipinski definition) is 5. The number of phosphoric ester groups is 1. The highest BCUT2D eigenvalue weighted by Crippen LogP contribution is 2.41. The minimum Gasteiger partial charge on any atom is -0.456 e. The molecule has 16 heteroatoms. The summed E-state index contributed by atoms with van der Waals surface area (Å²) in [5.74, 6) is -5.01. The number of alkyl halides is 2. The summed E-state index contributed by atoms with van der Waals surface area (Å²) in [4.78, 5) is 52.4. The van der Waals surface area contributed by atoms with Gasteiger partial charge in [0.25, 0.3) is 11.8 Å². The van der Waals surface area contributed by atoms with E-state index in [-0.39, 0.29) is 12.1 Å². The van der Waals surface area contributed by atoms with E-state index in [2.05, 4.69) is 21.7 Å². The van der Waals surface area contributed by atoms with E-state index in [1.54, 1.807) is 7.05 Å². The molecule has 0 spiro atoms. The van der Waals surface area contributed by atoms with Crippen molar-refractivity contribution in [1.82, 2.24) is 15.5 Å². The maximum atomic E-state index is 14.3. The van der Waals surface area contributed by atoms with Crippen LogP contribution in [0.5, 0.6) is 0 Å². The number of halogens is 2. The molecule has 6 N–H and O–H groups in total. The summed E-state index contributed by atoms with van der Waals surface area (Å²) in [5, 5.41) is 4.94. The van der Waals surface area contributed by atoms with Gasteiger partial charge in [-0.3, -0.25) is 19.0 Å². The predicted molar refractivity (Wildman–Crippen MR) is 104 cm³/mol. The van der Waals surface area contributed by atoms with Crippen molar-refractivity contribution in [2.45, 2.75) is 31.1 Å². The maximum Gasteiger partial charge on any atom is 0.469 e. The molecule has 1 aliphatic rings. The van der Waals surface area contributed by atoms with Crippen LogP contribution in [-0.2, 0) is 28.2 Å². The number of ether oxygens (including phenoxy) is 2. The first-order valence-electron chi connectivity index (χ1n) is 9.03. The Morgan fingerprint density at radius 3 is 2.62 bits per heavy atom. The first kappa shape index (κ1) is 27.6. The fourth-order valence-electron chi connectivity index (χ4n) is 2.42. The number of hydrogen-bond acceptors (Lipinski definition) is 8. The van der Waals surface area contributed by atoms with Gasteiger partial charge in [-0.1, -0.05) is 6.58 Å². The minimum absolute atomic E-state index is 0.0496. The molecule has 0 aliphatic carbocycles. The molecule has 3 amide bonds. The normalized spacial score (nSPS) is 20.2. The third kappa shape index (κ3) is 9.80. The number of esters is 1. The fraction of sp³-hybridized carbons (Fsp3) is 0.562. The van der Waals surface area contributed by atoms with Crippen molar-refractivity contribution in [3.05, 3.63) is 24.6 Å². The van der Waals surface area contributed by atoms with Gasteiger partial charge in [0.2, 0.25) is 6.23 Å². The maximum absolute atomic E-state index is 14.3. The standard InChI is InChI=1S/C16H25F2N4O9P/c1-10(21-12(23)9-29-13(24)3-5-20-2)4-6-22(15(19)25)14-16(17,18)7-11(31-14)8-30-32(26,27)28/h4,6,11,14,20H,1,3,5,7-9H2,2H3,(H2,19,25)(H,21,23)(H2,26,27,28)/b6-4-/t11-,14+/m0/s1. The summed E-state index contributed by atoms with van der Waals surface area (Å²) in [6.07, 6.45) is -2.81. The Morgan fingerprint density at radius 2 is 2.06 bits per heavy atom. The third-order valence-electron chi connectivity index (χ3n) is 3.80. The average molecular weight is 486 g/mol. The molecule has 0 aromatic carbocycles. The second-order valence-electron chi connectivity index (χ2n) is 6.51. The van der Waals surface area contributed by atoms with E-state index in [0.29, 0.717) is 11.4 Å². The molecule has 0 radical (unpaired) electrons. The summed E-state index contributed by atoms with van der Waals surface area (Å²) < 4.78 is 53.1. The molecule has 0 unspecified atom stereocenters. The highest BCUT2D eigenvalue weighted by molar-refractivity contribution is 7.46. The topological polar surface area (TPSA) is 190 Å². The van der Waals surface area contributed by atoms with Crippen LogP contribution in [0.25, 0.3) is 0 Å². The zero-order valence-electron chi connectivity index (χ0n) is 17.0. The Morgan fingerprint density at radius 1 is 1.41 bits per heavy atom. The van der Waals surface area contributed by atoms with Gasteiger partial charge < -0.3 is 35.6 Å². The van der Waals surface area contributed by atoms with Crippen LogP contribution in [0.3, 0.4) is 0 Å². The van der Waals surface area contributed by atoms with E-state index >= 15 is 0 Å². The monoisotopic (exact) mass is 486 g/mol. The second-order valence-corrected chi connectivity index (χ2v) is 7.75. The average Bonchev–Trinajstić information content (AvgIpc) is 2.96. The van der Waals surface area contributed by atoms with Crippen molar-refractivity contribution >= 4 is 25.7 Å². The van der Waals surface area contributed by atoms with Crippen molar-refractivity contribution < 1.29 is 51.5 Å². The van der Waals surface area contributed by atoms with Gasteiger partial charge in [-0.05, 0) is 13.1 Å². The number of amides is 3. The summed E-state index contributed by atoms with van der Waals surface area (Å²) in [5.41, 5.74) is 4.98. The lowest BCUT2D eigenvalue weighted by molar-refractivity contribution is -0.148. The van der Waals surface area contributed by atoms with E-state index in [1.807, 2.05) is 0 Å². The van der Waals surface area contributed by atoms with Gasteiger partial charge in [-0.25, -0.2) is 18.1 Å². The minimum atomic E-state index is -4.91. The molecule has 0 aromatic heterocycles. The molecule has 1 aliphatic heterocycles. The van der Waals surface area contributed by atoms with Gasteiger partial charge >= 0.3 is 19.8 Å². The number of nitrogens with one attached hydrogen (secondary N) is 2. The number of rotatable bonds is 12. The summed E-state index contributed by atoms with van der Waals surface area (Å²) in [7, 11) is -3.28. The van der Waals surface area contributed by atoms with E-state index < -0.39 is 63.6 Å². The summed E-state index contributed by atoms with van der Waals surface area (Å²) in [6.45, 7) is 2.36. The van der Waals surface area contributed by atoms with Gasteiger partial charge in [0.15, 0.2) is 6.61 Å². The third-order valence-corrected chi connectivity index (χ3v) is 4.28. The van der Waals surface area contributed by atoms with Gasteiger partial charge in [-0.15, -0.1) is 0 Å². The highest BCUT2D eigenvalue weighted by atomic mass is 31.2. The zero-order valence-corrected chi connectivity index (χ0v) is 17.9. The van der Waals surface area contributed by atoms with Crippen molar-refractivity contribution in [2.75, 3.05) is 26.8 Å². The van der Waals surface area contributed by atoms with Crippen LogP contribution in [0.2, 0.25) is 0 Å². The Balaban J connectivity index is 2.68. The van der Waals surface area contributed by atoms with Crippen molar-refractivity contribution in [2.24, 2.45) is 5.73 Å². The number of primary amides is 1. The van der Waals surface area contributed by atoms with Crippen LogP contribution in [-0.4, -0.2) is 77.7 Å². The Hall–Kier alpha value is -2.42. The molecule has 0 saturated carbocycles. The molecule has 1 saturated heterocycles. The SMILES string of the molecule is C=C(/C=C\N(C(N)=O)[C@@H]1O[C@H](COP(=O)(O)O)CC1(F)F)NC(=O)COC(=O)CCNC. The highest BCUT2D eigenvalue weighted by Gasteiger charge is 2.54. The molecule has 32 heavy (non-hydrogen) atoms. The lowest BCUT2D eigenvalue weighted by atomic mass is 10.2. The number of phosphoric acid groups is 1. The Kier molecular flexibility index (Phi) is 10.3. The Bertz CT molecular complexity index is 789. The predicted octanol–water partition coefficient (Wildman–Crippen LogP) is -0.477. The van der Waals surface area contributed by atoms with E-state index in [4.69, 9.17) is 25.0 Å². The summed E-state index contributed by atoms with van der Waals surface area (Å²) in [6, 6.07) is -1.33. The van der Waals surface area contributed by atoms with E-state index in [1.165, 1.54) is 0 Å². The number of carbonyl (C=O) groups is 3. The number of allylic oxidation sites excluding steroid dienone is 1. The van der Waals surface area contributed by atoms with Crippen molar-refractivity contribution in [1.29, 1.82) is 0 Å². The molecule has 1 fully saturated rings. The fourth-order valence-corrected chi connectivity index (χ4v) is 2.78. The number of nitrogens with zero attached hydrogens (tertiary/aromatic N) is 1. The smallest absolute Gasteiger partial charge is 0.456 e. The molecule has 1 heterocycles. The largest absolute Gasteiger partial charge is 0.469 e. The quantitative estimate of drug-likeness (QED) is 0.137. The van der Waals surface area contributed by atoms with Crippen LogP contribution >= 0.6 is 7.82 Å². The molecule has 1 rings (SSSR count). The van der Waals surface area contributed by atoms with E-state index in [0.717, 1.165) is 12.3 Å².